The molecular weight excluding hydrogens is 436 g/mol. The van der Waals surface area contributed by atoms with Crippen LogP contribution in [0.2, 0.25) is 0 Å². The zero-order valence-corrected chi connectivity index (χ0v) is 20.7. The standard InChI is InChI=1S/C30H34N2O3/c1-3-5-19-33-24-15-11-22(12-16-24)27-21-28-26-9-7-8-10-29(26)35-30(32(28)31-27)23-13-17-25(18-14-23)34-20-6-4-2/h7-18,28,30H,3-6,19-21H2,1-2H3/t28-,30+/m0/s1. The lowest BCUT2D eigenvalue weighted by Crippen LogP contribution is -2.33. The molecule has 5 rings (SSSR count). The normalized spacial score (nSPS) is 18.3. The average Bonchev–Trinajstić information content (AvgIpc) is 3.35. The van der Waals surface area contributed by atoms with Gasteiger partial charge in [-0.15, -0.1) is 0 Å². The molecule has 35 heavy (non-hydrogen) atoms. The predicted octanol–water partition coefficient (Wildman–Crippen LogP) is 7.29. The Morgan fingerprint density at radius 2 is 1.46 bits per heavy atom. The van der Waals surface area contributed by atoms with Gasteiger partial charge < -0.3 is 14.2 Å². The molecule has 3 aromatic carbocycles. The van der Waals surface area contributed by atoms with E-state index in [4.69, 9.17) is 19.3 Å². The fourth-order valence-electron chi connectivity index (χ4n) is 4.57. The van der Waals surface area contributed by atoms with Gasteiger partial charge in [-0.3, -0.25) is 0 Å². The number of hydrogen-bond acceptors (Lipinski definition) is 5. The van der Waals surface area contributed by atoms with Crippen molar-refractivity contribution < 1.29 is 14.2 Å². The Kier molecular flexibility index (Phi) is 7.22. The van der Waals surface area contributed by atoms with Crippen LogP contribution >= 0.6 is 0 Å². The maximum absolute atomic E-state index is 6.49. The van der Waals surface area contributed by atoms with Gasteiger partial charge in [0.25, 0.3) is 0 Å². The van der Waals surface area contributed by atoms with E-state index in [0.29, 0.717) is 0 Å². The van der Waals surface area contributed by atoms with Gasteiger partial charge in [0, 0.05) is 17.5 Å². The van der Waals surface area contributed by atoms with Crippen molar-refractivity contribution in [2.45, 2.75) is 58.2 Å². The summed E-state index contributed by atoms with van der Waals surface area (Å²) in [6, 6.07) is 25.0. The summed E-state index contributed by atoms with van der Waals surface area (Å²) < 4.78 is 18.2. The zero-order valence-electron chi connectivity index (χ0n) is 20.7. The molecule has 0 saturated heterocycles. The van der Waals surface area contributed by atoms with Crippen LogP contribution in [-0.4, -0.2) is 23.9 Å². The van der Waals surface area contributed by atoms with Gasteiger partial charge in [-0.1, -0.05) is 44.9 Å². The first-order valence-corrected chi connectivity index (χ1v) is 12.8. The average molecular weight is 471 g/mol. The number of nitrogens with zero attached hydrogens (tertiary/aromatic N) is 2. The number of rotatable bonds is 10. The summed E-state index contributed by atoms with van der Waals surface area (Å²) in [6.45, 7) is 5.84. The third-order valence-electron chi connectivity index (χ3n) is 6.59. The highest BCUT2D eigenvalue weighted by molar-refractivity contribution is 6.02. The van der Waals surface area contributed by atoms with Crippen molar-refractivity contribution in [3.8, 4) is 17.2 Å². The van der Waals surface area contributed by atoms with Gasteiger partial charge in [0.1, 0.15) is 17.2 Å². The number of unbranched alkanes of at least 4 members (excludes halogenated alkanes) is 2. The first-order chi connectivity index (χ1) is 17.3. The first kappa shape index (κ1) is 23.3. The van der Waals surface area contributed by atoms with Gasteiger partial charge in [-0.2, -0.15) is 5.10 Å². The van der Waals surface area contributed by atoms with Crippen molar-refractivity contribution in [1.29, 1.82) is 0 Å². The lowest BCUT2D eigenvalue weighted by atomic mass is 9.96. The summed E-state index contributed by atoms with van der Waals surface area (Å²) in [7, 11) is 0. The molecule has 0 aromatic heterocycles. The number of ether oxygens (including phenoxy) is 3. The molecule has 2 atom stereocenters. The molecular formula is C30H34N2O3. The van der Waals surface area contributed by atoms with E-state index in [1.807, 2.05) is 30.3 Å². The van der Waals surface area contributed by atoms with Crippen LogP contribution in [0.25, 0.3) is 0 Å². The van der Waals surface area contributed by atoms with Crippen molar-refractivity contribution in [1.82, 2.24) is 5.01 Å². The molecule has 0 amide bonds. The second-order valence-electron chi connectivity index (χ2n) is 9.15. The molecule has 0 fully saturated rings. The molecule has 2 aliphatic rings. The summed E-state index contributed by atoms with van der Waals surface area (Å²) >= 11 is 0. The second-order valence-corrected chi connectivity index (χ2v) is 9.15. The Bertz CT molecular complexity index is 1140. The summed E-state index contributed by atoms with van der Waals surface area (Å²) in [4.78, 5) is 0. The molecule has 0 N–H and O–H groups in total. The topological polar surface area (TPSA) is 43.3 Å². The summed E-state index contributed by atoms with van der Waals surface area (Å²) in [5, 5.41) is 7.20. The molecule has 0 unspecified atom stereocenters. The molecule has 0 spiro atoms. The van der Waals surface area contributed by atoms with Gasteiger partial charge in [0.15, 0.2) is 0 Å². The van der Waals surface area contributed by atoms with Gasteiger partial charge in [0.05, 0.1) is 25.0 Å². The van der Waals surface area contributed by atoms with E-state index < -0.39 is 0 Å². The molecule has 0 bridgehead atoms. The molecule has 0 aliphatic carbocycles. The van der Waals surface area contributed by atoms with E-state index in [2.05, 4.69) is 61.3 Å². The highest BCUT2D eigenvalue weighted by Crippen LogP contribution is 2.47. The van der Waals surface area contributed by atoms with Gasteiger partial charge in [-0.05, 0) is 73.0 Å². The number of hydrogen-bond donors (Lipinski definition) is 0. The maximum Gasteiger partial charge on any atom is 0.213 e. The van der Waals surface area contributed by atoms with Gasteiger partial charge >= 0.3 is 0 Å². The van der Waals surface area contributed by atoms with Crippen LogP contribution in [0.5, 0.6) is 17.2 Å². The number of para-hydroxylation sites is 1. The van der Waals surface area contributed by atoms with Crippen molar-refractivity contribution in [2.24, 2.45) is 5.10 Å². The van der Waals surface area contributed by atoms with Crippen LogP contribution in [0.1, 0.15) is 74.9 Å². The number of hydrazone groups is 1. The minimum Gasteiger partial charge on any atom is -0.494 e. The number of fused-ring (bicyclic) bond motifs is 3. The highest BCUT2D eigenvalue weighted by Gasteiger charge is 2.40. The Labute approximate surface area is 208 Å². The Hall–Kier alpha value is -3.47. The van der Waals surface area contributed by atoms with Crippen LogP contribution < -0.4 is 14.2 Å². The van der Waals surface area contributed by atoms with E-state index >= 15 is 0 Å². The maximum atomic E-state index is 6.49. The Balaban J connectivity index is 1.38. The Morgan fingerprint density at radius 1 is 0.829 bits per heavy atom. The minimum atomic E-state index is -0.284. The van der Waals surface area contributed by atoms with E-state index in [-0.39, 0.29) is 12.3 Å². The quantitative estimate of drug-likeness (QED) is 0.292. The van der Waals surface area contributed by atoms with Crippen LogP contribution in [0.15, 0.2) is 77.9 Å². The van der Waals surface area contributed by atoms with Crippen LogP contribution in [0.3, 0.4) is 0 Å². The minimum absolute atomic E-state index is 0.140. The van der Waals surface area contributed by atoms with E-state index in [1.54, 1.807) is 0 Å². The summed E-state index contributed by atoms with van der Waals surface area (Å²) in [5.74, 6) is 2.73. The second kappa shape index (κ2) is 10.9. The molecule has 2 aliphatic heterocycles. The Morgan fingerprint density at radius 3 is 2.11 bits per heavy atom. The fourth-order valence-corrected chi connectivity index (χ4v) is 4.57. The molecule has 0 saturated carbocycles. The summed E-state index contributed by atoms with van der Waals surface area (Å²) in [6.07, 6.45) is 4.93. The van der Waals surface area contributed by atoms with Crippen molar-refractivity contribution in [3.05, 3.63) is 89.5 Å². The zero-order chi connectivity index (χ0) is 24.0. The van der Waals surface area contributed by atoms with E-state index in [9.17, 15) is 0 Å². The number of benzene rings is 3. The molecule has 3 aromatic rings. The monoisotopic (exact) mass is 470 g/mol. The van der Waals surface area contributed by atoms with Crippen molar-refractivity contribution >= 4 is 5.71 Å². The van der Waals surface area contributed by atoms with Crippen molar-refractivity contribution in [3.63, 3.8) is 0 Å². The van der Waals surface area contributed by atoms with Crippen LogP contribution in [-0.2, 0) is 0 Å². The first-order valence-electron chi connectivity index (χ1n) is 12.8. The highest BCUT2D eigenvalue weighted by atomic mass is 16.5. The molecule has 0 radical (unpaired) electrons. The summed E-state index contributed by atoms with van der Waals surface area (Å²) in [5.41, 5.74) is 4.44. The van der Waals surface area contributed by atoms with Crippen LogP contribution in [0, 0.1) is 0 Å². The predicted molar refractivity (Wildman–Crippen MR) is 139 cm³/mol. The molecule has 182 valence electrons. The van der Waals surface area contributed by atoms with Gasteiger partial charge in [-0.25, -0.2) is 5.01 Å². The molecule has 5 nitrogen and oxygen atoms in total. The van der Waals surface area contributed by atoms with Crippen molar-refractivity contribution in [2.75, 3.05) is 13.2 Å². The van der Waals surface area contributed by atoms with Gasteiger partial charge in [0.2, 0.25) is 6.23 Å². The van der Waals surface area contributed by atoms with Crippen LogP contribution in [0.4, 0.5) is 0 Å². The smallest absolute Gasteiger partial charge is 0.213 e. The third kappa shape index (κ3) is 5.14. The van der Waals surface area contributed by atoms with E-state index in [0.717, 1.165) is 79.4 Å². The largest absolute Gasteiger partial charge is 0.494 e. The lowest BCUT2D eigenvalue weighted by Gasteiger charge is -2.38. The lowest BCUT2D eigenvalue weighted by molar-refractivity contribution is -0.0190. The fraction of sp³-hybridized carbons (Fsp3) is 0.367. The molecule has 2 heterocycles. The third-order valence-corrected chi connectivity index (χ3v) is 6.59. The molecule has 5 heteroatoms. The van der Waals surface area contributed by atoms with E-state index in [1.165, 1.54) is 5.56 Å². The SMILES string of the molecule is CCCCOc1ccc(C2=NN3[C@@H](c4ccc(OCCCC)cc4)Oc4ccccc4[C@@H]3C2)cc1.